The number of nitrogens with one attached hydrogen (secondary N) is 1. The molecule has 1 aliphatic carbocycles. The average Bonchev–Trinajstić information content (AvgIpc) is 2.72. The molecule has 0 unspecified atom stereocenters. The summed E-state index contributed by atoms with van der Waals surface area (Å²) in [5, 5.41) is 20.5. The van der Waals surface area contributed by atoms with Crippen LogP contribution in [0.15, 0.2) is 36.4 Å². The van der Waals surface area contributed by atoms with Gasteiger partial charge in [-0.25, -0.2) is 0 Å². The largest absolute Gasteiger partial charge is 0.481 e. The van der Waals surface area contributed by atoms with Gasteiger partial charge in [-0.2, -0.15) is 0 Å². The smallest absolute Gasteiger partial charge is 0.304 e. The number of carboxylic acid groups (broad SMARTS) is 1. The molecule has 6 heteroatoms. The SMILES string of the molecule is CC(C)(C)C1CCC(Oc2ccc(-c3cccc(CNCCC(=O)O)c3)nn2)CC1. The maximum absolute atomic E-state index is 10.6. The molecule has 1 heterocycles. The van der Waals surface area contributed by atoms with Crippen LogP contribution < -0.4 is 10.1 Å². The first kappa shape index (κ1) is 22.2. The lowest BCUT2D eigenvalue weighted by Crippen LogP contribution is -2.30. The highest BCUT2D eigenvalue weighted by Gasteiger charge is 2.30. The first-order chi connectivity index (χ1) is 14.3. The van der Waals surface area contributed by atoms with Gasteiger partial charge < -0.3 is 15.2 Å². The number of benzene rings is 1. The lowest BCUT2D eigenvalue weighted by atomic mass is 9.72. The molecule has 1 aliphatic rings. The lowest BCUT2D eigenvalue weighted by molar-refractivity contribution is -0.136. The Morgan fingerprint density at radius 3 is 2.53 bits per heavy atom. The molecule has 1 fully saturated rings. The Kier molecular flexibility index (Phi) is 7.43. The highest BCUT2D eigenvalue weighted by atomic mass is 16.5. The van der Waals surface area contributed by atoms with Crippen LogP contribution >= 0.6 is 0 Å². The molecular weight excluding hydrogens is 378 g/mol. The number of aromatic nitrogens is 2. The van der Waals surface area contributed by atoms with E-state index >= 15 is 0 Å². The summed E-state index contributed by atoms with van der Waals surface area (Å²) in [7, 11) is 0. The minimum atomic E-state index is -0.795. The van der Waals surface area contributed by atoms with Gasteiger partial charge in [0.1, 0.15) is 6.10 Å². The molecule has 0 radical (unpaired) electrons. The van der Waals surface area contributed by atoms with Gasteiger partial charge in [-0.1, -0.05) is 39.0 Å². The predicted molar refractivity (Wildman–Crippen MR) is 117 cm³/mol. The zero-order valence-electron chi connectivity index (χ0n) is 18.2. The fourth-order valence-electron chi connectivity index (χ4n) is 4.02. The Hall–Kier alpha value is -2.47. The molecule has 0 saturated heterocycles. The van der Waals surface area contributed by atoms with E-state index < -0.39 is 5.97 Å². The van der Waals surface area contributed by atoms with Crippen LogP contribution in [0.5, 0.6) is 5.88 Å². The van der Waals surface area contributed by atoms with Crippen LogP contribution in [0.2, 0.25) is 0 Å². The van der Waals surface area contributed by atoms with Crippen molar-refractivity contribution in [1.29, 1.82) is 0 Å². The third-order valence-electron chi connectivity index (χ3n) is 5.89. The molecule has 0 amide bonds. The van der Waals surface area contributed by atoms with Crippen LogP contribution in [-0.4, -0.2) is 33.9 Å². The number of ether oxygens (including phenoxy) is 1. The minimum Gasteiger partial charge on any atom is -0.481 e. The third-order valence-corrected chi connectivity index (χ3v) is 5.89. The molecule has 162 valence electrons. The molecule has 0 aliphatic heterocycles. The number of hydrogen-bond acceptors (Lipinski definition) is 5. The minimum absolute atomic E-state index is 0.116. The Morgan fingerprint density at radius 2 is 1.90 bits per heavy atom. The standard InChI is InChI=1S/C24H33N3O3/c1-24(2,3)19-7-9-20(10-8-19)30-22-12-11-21(26-27-22)18-6-4-5-17(15-18)16-25-14-13-23(28)29/h4-6,11-12,15,19-20,25H,7-10,13-14,16H2,1-3H3,(H,28,29). The second kappa shape index (κ2) is 10.0. The Labute approximate surface area is 179 Å². The van der Waals surface area contributed by atoms with Gasteiger partial charge in [-0.05, 0) is 54.7 Å². The summed E-state index contributed by atoms with van der Waals surface area (Å²) in [6, 6.07) is 11.9. The molecule has 2 N–H and O–H groups in total. The molecule has 3 rings (SSSR count). The monoisotopic (exact) mass is 411 g/mol. The van der Waals surface area contributed by atoms with Crippen LogP contribution in [0, 0.1) is 11.3 Å². The highest BCUT2D eigenvalue weighted by molar-refractivity contribution is 5.66. The Morgan fingerprint density at radius 1 is 1.13 bits per heavy atom. The van der Waals surface area contributed by atoms with Crippen molar-refractivity contribution in [3.05, 3.63) is 42.0 Å². The summed E-state index contributed by atoms with van der Waals surface area (Å²) in [5.41, 5.74) is 3.23. The van der Waals surface area contributed by atoms with Crippen LogP contribution in [0.1, 0.15) is 58.4 Å². The topological polar surface area (TPSA) is 84.3 Å². The van der Waals surface area contributed by atoms with E-state index in [1.807, 2.05) is 36.4 Å². The summed E-state index contributed by atoms with van der Waals surface area (Å²) in [6.45, 7) is 8.04. The molecule has 2 aromatic rings. The number of nitrogens with zero attached hydrogens (tertiary/aromatic N) is 2. The molecule has 1 aromatic heterocycles. The van der Waals surface area contributed by atoms with Crippen molar-refractivity contribution in [3.63, 3.8) is 0 Å². The summed E-state index contributed by atoms with van der Waals surface area (Å²) in [5.74, 6) is 0.553. The summed E-state index contributed by atoms with van der Waals surface area (Å²) >= 11 is 0. The molecule has 0 atom stereocenters. The van der Waals surface area contributed by atoms with Crippen molar-refractivity contribution in [2.24, 2.45) is 11.3 Å². The van der Waals surface area contributed by atoms with Crippen molar-refractivity contribution in [2.45, 2.75) is 65.5 Å². The van der Waals surface area contributed by atoms with Gasteiger partial charge in [0.2, 0.25) is 5.88 Å². The second-order valence-electron chi connectivity index (χ2n) is 9.24. The van der Waals surface area contributed by atoms with Gasteiger partial charge in [0.05, 0.1) is 12.1 Å². The van der Waals surface area contributed by atoms with Crippen LogP contribution in [0.3, 0.4) is 0 Å². The summed E-state index contributed by atoms with van der Waals surface area (Å²) < 4.78 is 6.08. The molecule has 0 bridgehead atoms. The quantitative estimate of drug-likeness (QED) is 0.613. The number of rotatable bonds is 8. The van der Waals surface area contributed by atoms with Gasteiger partial charge in [-0.3, -0.25) is 4.79 Å². The molecule has 1 aromatic carbocycles. The number of carboxylic acids is 1. The van der Waals surface area contributed by atoms with E-state index in [4.69, 9.17) is 9.84 Å². The van der Waals surface area contributed by atoms with Crippen molar-refractivity contribution in [1.82, 2.24) is 15.5 Å². The maximum Gasteiger partial charge on any atom is 0.304 e. The first-order valence-electron chi connectivity index (χ1n) is 10.8. The van der Waals surface area contributed by atoms with E-state index in [0.717, 1.165) is 35.6 Å². The van der Waals surface area contributed by atoms with Crippen molar-refractivity contribution in [2.75, 3.05) is 6.54 Å². The molecule has 1 saturated carbocycles. The molecule has 0 spiro atoms. The Balaban J connectivity index is 1.53. The number of hydrogen-bond donors (Lipinski definition) is 2. The van der Waals surface area contributed by atoms with Gasteiger partial charge in [0.25, 0.3) is 0 Å². The van der Waals surface area contributed by atoms with E-state index in [1.54, 1.807) is 0 Å². The second-order valence-corrected chi connectivity index (χ2v) is 9.24. The van der Waals surface area contributed by atoms with Gasteiger partial charge in [0, 0.05) is 24.7 Å². The first-order valence-corrected chi connectivity index (χ1v) is 10.8. The van der Waals surface area contributed by atoms with E-state index in [0.29, 0.717) is 24.4 Å². The van der Waals surface area contributed by atoms with Gasteiger partial charge in [-0.15, -0.1) is 10.2 Å². The zero-order chi connectivity index (χ0) is 21.6. The molecular formula is C24H33N3O3. The van der Waals surface area contributed by atoms with Crippen molar-refractivity contribution < 1.29 is 14.6 Å². The predicted octanol–water partition coefficient (Wildman–Crippen LogP) is 4.69. The maximum atomic E-state index is 10.6. The molecule has 30 heavy (non-hydrogen) atoms. The Bertz CT molecular complexity index is 822. The third kappa shape index (κ3) is 6.52. The summed E-state index contributed by atoms with van der Waals surface area (Å²) in [4.78, 5) is 10.6. The van der Waals surface area contributed by atoms with Crippen molar-refractivity contribution in [3.8, 4) is 17.1 Å². The van der Waals surface area contributed by atoms with E-state index in [1.165, 1.54) is 12.8 Å². The van der Waals surface area contributed by atoms with E-state index in [9.17, 15) is 4.79 Å². The average molecular weight is 412 g/mol. The van der Waals surface area contributed by atoms with Crippen LogP contribution in [0.25, 0.3) is 11.3 Å². The normalized spacial score (nSPS) is 19.4. The van der Waals surface area contributed by atoms with E-state index in [2.05, 4.69) is 36.3 Å². The fraction of sp³-hybridized carbons (Fsp3) is 0.542. The summed E-state index contributed by atoms with van der Waals surface area (Å²) in [6.07, 6.45) is 4.89. The van der Waals surface area contributed by atoms with Crippen LogP contribution in [-0.2, 0) is 11.3 Å². The fourth-order valence-corrected chi connectivity index (χ4v) is 4.02. The zero-order valence-corrected chi connectivity index (χ0v) is 18.2. The van der Waals surface area contributed by atoms with Crippen LogP contribution in [0.4, 0.5) is 0 Å². The lowest BCUT2D eigenvalue weighted by Gasteiger charge is -2.36. The van der Waals surface area contributed by atoms with Crippen molar-refractivity contribution >= 4 is 5.97 Å². The van der Waals surface area contributed by atoms with E-state index in [-0.39, 0.29) is 12.5 Å². The highest BCUT2D eigenvalue weighted by Crippen LogP contribution is 2.38. The van der Waals surface area contributed by atoms with Gasteiger partial charge in [0.15, 0.2) is 0 Å². The molecule has 6 nitrogen and oxygen atoms in total. The number of aliphatic carboxylic acids is 1. The number of carbonyl (C=O) groups is 1. The van der Waals surface area contributed by atoms with Gasteiger partial charge >= 0.3 is 5.97 Å².